The Balaban J connectivity index is 0.00000251. The van der Waals surface area contributed by atoms with Gasteiger partial charge in [0.05, 0.1) is 11.7 Å². The molecule has 1 atom stereocenters. The molecule has 0 aliphatic rings. The van der Waals surface area contributed by atoms with E-state index in [-0.39, 0.29) is 38.0 Å². The third-order valence-electron chi connectivity index (χ3n) is 3.62. The average molecular weight is 489 g/mol. The molecule has 1 aromatic heterocycles. The molecular formula is C18H27N5O11. The van der Waals surface area contributed by atoms with Crippen LogP contribution in [-0.2, 0) is 25.8 Å². The second kappa shape index (κ2) is 16.4. The highest BCUT2D eigenvalue weighted by Gasteiger charge is 2.24. The Morgan fingerprint density at radius 3 is 2.35 bits per heavy atom. The molecule has 190 valence electrons. The number of esters is 1. The number of aromatic nitrogens is 1. The normalized spacial score (nSPS) is 10.7. The lowest BCUT2D eigenvalue weighted by molar-refractivity contribution is -0.757. The molecule has 16 heteroatoms. The molecule has 0 unspecified atom stereocenters. The van der Waals surface area contributed by atoms with Crippen molar-refractivity contribution in [1.82, 2.24) is 10.6 Å². The lowest BCUT2D eigenvalue weighted by Gasteiger charge is -2.18. The molecule has 1 heterocycles. The molecule has 0 aliphatic heterocycles. The predicted octanol–water partition coefficient (Wildman–Crippen LogP) is 0.335. The Labute approximate surface area is 194 Å². The molecule has 2 N–H and O–H groups in total. The Bertz CT molecular complexity index is 830. The first kappa shape index (κ1) is 29.8. The number of hydrogen-bond acceptors (Lipinski definition) is 11. The maximum absolute atomic E-state index is 12.1. The van der Waals surface area contributed by atoms with Gasteiger partial charge in [-0.2, -0.15) is 4.57 Å². The van der Waals surface area contributed by atoms with Gasteiger partial charge >= 0.3 is 12.1 Å². The summed E-state index contributed by atoms with van der Waals surface area (Å²) in [6.45, 7) is 5.19. The zero-order valence-corrected chi connectivity index (χ0v) is 18.8. The van der Waals surface area contributed by atoms with Crippen LogP contribution in [0.5, 0.6) is 0 Å². The highest BCUT2D eigenvalue weighted by atomic mass is 16.9. The first-order valence-corrected chi connectivity index (χ1v) is 9.92. The molecule has 2 amide bonds. The highest BCUT2D eigenvalue weighted by molar-refractivity contribution is 5.93. The van der Waals surface area contributed by atoms with Crippen LogP contribution in [0.3, 0.4) is 0 Å². The number of nitrogens with zero attached hydrogens (tertiary/aromatic N) is 3. The van der Waals surface area contributed by atoms with Crippen LogP contribution in [0.2, 0.25) is 0 Å². The number of carbonyl (C=O) groups is 3. The van der Waals surface area contributed by atoms with Crippen LogP contribution >= 0.6 is 0 Å². The van der Waals surface area contributed by atoms with Crippen LogP contribution in [0.4, 0.5) is 4.79 Å². The molecule has 0 aliphatic carbocycles. The molecule has 0 bridgehead atoms. The van der Waals surface area contributed by atoms with E-state index >= 15 is 0 Å². The van der Waals surface area contributed by atoms with Crippen LogP contribution in [0, 0.1) is 31.4 Å². The van der Waals surface area contributed by atoms with E-state index in [0.717, 1.165) is 0 Å². The second-order valence-electron chi connectivity index (χ2n) is 6.78. The van der Waals surface area contributed by atoms with Crippen LogP contribution in [0.1, 0.15) is 37.6 Å². The van der Waals surface area contributed by atoms with Crippen molar-refractivity contribution < 1.29 is 43.4 Å². The molecular weight excluding hydrogens is 462 g/mol. The predicted molar refractivity (Wildman–Crippen MR) is 112 cm³/mol. The second-order valence-corrected chi connectivity index (χ2v) is 6.78. The fraction of sp³-hybridized carbons (Fsp3) is 0.556. The van der Waals surface area contributed by atoms with E-state index in [4.69, 9.17) is 24.8 Å². The van der Waals surface area contributed by atoms with Crippen molar-refractivity contribution in [2.24, 2.45) is 5.92 Å². The summed E-state index contributed by atoms with van der Waals surface area (Å²) >= 11 is 0. The lowest BCUT2D eigenvalue weighted by Crippen LogP contribution is -2.45. The molecule has 0 saturated heterocycles. The zero-order chi connectivity index (χ0) is 26.1. The molecule has 0 fully saturated rings. The zero-order valence-electron chi connectivity index (χ0n) is 18.8. The van der Waals surface area contributed by atoms with Gasteiger partial charge in [-0.25, -0.2) is 9.59 Å². The third kappa shape index (κ3) is 14.7. The van der Waals surface area contributed by atoms with Crippen LogP contribution < -0.4 is 15.2 Å². The van der Waals surface area contributed by atoms with Crippen LogP contribution in [0.15, 0.2) is 24.5 Å². The molecule has 0 aromatic carbocycles. The fourth-order valence-corrected chi connectivity index (χ4v) is 2.37. The van der Waals surface area contributed by atoms with E-state index in [0.29, 0.717) is 6.42 Å². The van der Waals surface area contributed by atoms with Gasteiger partial charge in [0, 0.05) is 12.6 Å². The van der Waals surface area contributed by atoms with Gasteiger partial charge in [-0.1, -0.05) is 13.8 Å². The van der Waals surface area contributed by atoms with Gasteiger partial charge in [-0.3, -0.25) is 4.79 Å². The minimum Gasteiger partial charge on any atom is -0.464 e. The van der Waals surface area contributed by atoms with Gasteiger partial charge in [0.15, 0.2) is 12.4 Å². The first-order valence-electron chi connectivity index (χ1n) is 9.92. The average Bonchev–Trinajstić information content (AvgIpc) is 2.74. The summed E-state index contributed by atoms with van der Waals surface area (Å²) in [7, 11) is 0. The number of alkyl carbamates (subject to hydrolysis) is 1. The van der Waals surface area contributed by atoms with Crippen LogP contribution in [0.25, 0.3) is 0 Å². The molecule has 0 spiro atoms. The van der Waals surface area contributed by atoms with Gasteiger partial charge in [-0.15, -0.1) is 10.1 Å². The lowest BCUT2D eigenvalue weighted by atomic mass is 10.0. The van der Waals surface area contributed by atoms with Crippen molar-refractivity contribution in [3.8, 4) is 0 Å². The molecule has 34 heavy (non-hydrogen) atoms. The number of ether oxygens (including phenoxy) is 2. The maximum Gasteiger partial charge on any atom is 0.412 e. The topological polar surface area (TPSA) is 216 Å². The summed E-state index contributed by atoms with van der Waals surface area (Å²) in [5, 5.41) is 28.8. The first-order chi connectivity index (χ1) is 16.0. The van der Waals surface area contributed by atoms with Gasteiger partial charge in [0.1, 0.15) is 18.2 Å². The van der Waals surface area contributed by atoms with Gasteiger partial charge in [0.2, 0.25) is 0 Å². The molecule has 0 saturated carbocycles. The number of pyridine rings is 1. The van der Waals surface area contributed by atoms with Gasteiger partial charge in [0.25, 0.3) is 17.7 Å². The number of nitrogens with one attached hydrogen (secondary N) is 2. The number of carbonyl (C=O) groups excluding carboxylic acids is 3. The summed E-state index contributed by atoms with van der Waals surface area (Å²) in [5.41, 5.74) is 0.256. The molecule has 1 rings (SSSR count). The van der Waals surface area contributed by atoms with Crippen molar-refractivity contribution in [3.05, 3.63) is 55.5 Å². The summed E-state index contributed by atoms with van der Waals surface area (Å²) in [6, 6.07) is 2.28. The fourth-order valence-electron chi connectivity index (χ4n) is 2.37. The Morgan fingerprint density at radius 1 is 1.15 bits per heavy atom. The summed E-state index contributed by atoms with van der Waals surface area (Å²) in [4.78, 5) is 58.5. The standard InChI is InChI=1S/C18H26N4O8.NO3/c1-4-28-17(24)15(10-13(2)3)20-18(25)29-12-21-8-5-6-14(11-21)16(23)19-7-9-30-22(26)27;2-1(3)4/h5-6,8,11,13,15H,4,7,9-10,12H2,1-3H3,(H-,19,20,23,25);/q;-1/p+1/t15-;/m0./s1. The maximum atomic E-state index is 12.1. The largest absolute Gasteiger partial charge is 0.464 e. The number of rotatable bonds is 12. The van der Waals surface area contributed by atoms with E-state index in [1.165, 1.54) is 16.8 Å². The van der Waals surface area contributed by atoms with E-state index in [1.54, 1.807) is 19.2 Å². The summed E-state index contributed by atoms with van der Waals surface area (Å²) in [6.07, 6.45) is 2.62. The number of amides is 2. The SMILES string of the molecule is CCOC(=O)[C@H](CC(C)C)NC(=O)OC[n+]1cccc(C(=O)NCCO[N+](=O)[O-])c1.O=[N+]([O-])[O-]. The van der Waals surface area contributed by atoms with E-state index in [2.05, 4.69) is 15.5 Å². The number of hydrogen-bond donors (Lipinski definition) is 2. The molecule has 16 nitrogen and oxygen atoms in total. The summed E-state index contributed by atoms with van der Waals surface area (Å²) < 4.78 is 11.5. The van der Waals surface area contributed by atoms with E-state index < -0.39 is 34.2 Å². The van der Waals surface area contributed by atoms with Crippen LogP contribution in [-0.4, -0.2) is 53.9 Å². The Kier molecular flexibility index (Phi) is 14.4. The smallest absolute Gasteiger partial charge is 0.412 e. The summed E-state index contributed by atoms with van der Waals surface area (Å²) in [5.74, 6) is -0.851. The van der Waals surface area contributed by atoms with Crippen molar-refractivity contribution in [3.63, 3.8) is 0 Å². The molecule has 1 aromatic rings. The van der Waals surface area contributed by atoms with Crippen molar-refractivity contribution >= 4 is 18.0 Å². The quantitative estimate of drug-likeness (QED) is 0.134. The van der Waals surface area contributed by atoms with Gasteiger partial charge in [-0.05, 0) is 25.3 Å². The van der Waals surface area contributed by atoms with Crippen molar-refractivity contribution in [2.45, 2.75) is 40.0 Å². The van der Waals surface area contributed by atoms with Crippen molar-refractivity contribution in [2.75, 3.05) is 19.8 Å². The Morgan fingerprint density at radius 2 is 1.79 bits per heavy atom. The van der Waals surface area contributed by atoms with Gasteiger partial charge < -0.3 is 40.3 Å². The third-order valence-corrected chi connectivity index (χ3v) is 3.62. The van der Waals surface area contributed by atoms with E-state index in [9.17, 15) is 24.5 Å². The monoisotopic (exact) mass is 489 g/mol. The Hall–Kier alpha value is -4.24. The van der Waals surface area contributed by atoms with E-state index in [1.807, 2.05) is 13.8 Å². The van der Waals surface area contributed by atoms with Crippen molar-refractivity contribution in [1.29, 1.82) is 0 Å². The highest BCUT2D eigenvalue weighted by Crippen LogP contribution is 2.07. The molecule has 0 radical (unpaired) electrons. The minimum absolute atomic E-state index is 0.0429. The minimum atomic E-state index is -1.75.